The van der Waals surface area contributed by atoms with E-state index in [-0.39, 0.29) is 17.2 Å². The third-order valence-electron chi connectivity index (χ3n) is 7.24. The Hall–Kier alpha value is -3.06. The van der Waals surface area contributed by atoms with Gasteiger partial charge in [-0.1, -0.05) is 32.4 Å². The number of para-hydroxylation sites is 1. The molecule has 0 unspecified atom stereocenters. The summed E-state index contributed by atoms with van der Waals surface area (Å²) in [6.07, 6.45) is 4.75. The highest BCUT2D eigenvalue weighted by Gasteiger charge is 2.37. The van der Waals surface area contributed by atoms with Gasteiger partial charge in [-0.15, -0.1) is 0 Å². The molecule has 0 bridgehead atoms. The number of ether oxygens (including phenoxy) is 3. The fourth-order valence-electron chi connectivity index (χ4n) is 4.94. The van der Waals surface area contributed by atoms with Crippen molar-refractivity contribution < 1.29 is 23.8 Å². The zero-order chi connectivity index (χ0) is 26.1. The lowest BCUT2D eigenvalue weighted by atomic mass is 9.75. The Bertz CT molecular complexity index is 1030. The van der Waals surface area contributed by atoms with Gasteiger partial charge in [0.25, 0.3) is 11.8 Å². The van der Waals surface area contributed by atoms with E-state index in [0.29, 0.717) is 68.9 Å². The zero-order valence-electron chi connectivity index (χ0n) is 22.2. The number of carbonyl (C=O) groups excluding carboxylic acids is 2. The molecule has 2 aromatic rings. The van der Waals surface area contributed by atoms with E-state index in [1.165, 1.54) is 0 Å². The van der Waals surface area contributed by atoms with Gasteiger partial charge in [0.1, 0.15) is 11.5 Å². The Labute approximate surface area is 220 Å². The fourth-order valence-corrected chi connectivity index (χ4v) is 4.94. The Morgan fingerprint density at radius 1 is 1.03 bits per heavy atom. The van der Waals surface area contributed by atoms with E-state index in [1.807, 2.05) is 47.4 Å². The predicted octanol–water partition coefficient (Wildman–Crippen LogP) is 4.95. The molecule has 2 aliphatic heterocycles. The first-order valence-corrected chi connectivity index (χ1v) is 13.6. The van der Waals surface area contributed by atoms with Gasteiger partial charge >= 0.3 is 0 Å². The van der Waals surface area contributed by atoms with Gasteiger partial charge in [0.05, 0.1) is 25.4 Å². The van der Waals surface area contributed by atoms with Crippen molar-refractivity contribution in [1.82, 2.24) is 10.2 Å². The van der Waals surface area contributed by atoms with Gasteiger partial charge in [-0.25, -0.2) is 0 Å². The number of likely N-dealkylation sites (tertiary alicyclic amines) is 1. The highest BCUT2D eigenvalue weighted by Crippen LogP contribution is 2.38. The van der Waals surface area contributed by atoms with Crippen molar-refractivity contribution in [3.05, 3.63) is 59.7 Å². The van der Waals surface area contributed by atoms with Crippen molar-refractivity contribution in [2.45, 2.75) is 46.0 Å². The molecular formula is C30H40N2O5. The molecule has 7 nitrogen and oxygen atoms in total. The molecule has 0 aromatic heterocycles. The molecule has 200 valence electrons. The summed E-state index contributed by atoms with van der Waals surface area (Å²) in [5.41, 5.74) is 1.19. The fraction of sp³-hybridized carbons (Fsp3) is 0.533. The molecule has 2 aromatic carbocycles. The third-order valence-corrected chi connectivity index (χ3v) is 7.24. The summed E-state index contributed by atoms with van der Waals surface area (Å²) in [6.45, 7) is 8.45. The maximum absolute atomic E-state index is 13.2. The quantitative estimate of drug-likeness (QED) is 0.632. The molecule has 7 heteroatoms. The Kier molecular flexibility index (Phi) is 9.45. The number of nitrogens with zero attached hydrogens (tertiary/aromatic N) is 1. The first-order chi connectivity index (χ1) is 18.0. The lowest BCUT2D eigenvalue weighted by molar-refractivity contribution is 0.0341. The molecule has 0 radical (unpaired) electrons. The summed E-state index contributed by atoms with van der Waals surface area (Å²) in [5, 5.41) is 2.92. The summed E-state index contributed by atoms with van der Waals surface area (Å²) in [6, 6.07) is 14.9. The lowest BCUT2D eigenvalue weighted by Gasteiger charge is -2.42. The zero-order valence-corrected chi connectivity index (χ0v) is 22.2. The topological polar surface area (TPSA) is 77.1 Å². The van der Waals surface area contributed by atoms with Crippen LogP contribution in [0.25, 0.3) is 0 Å². The summed E-state index contributed by atoms with van der Waals surface area (Å²) in [4.78, 5) is 27.9. The summed E-state index contributed by atoms with van der Waals surface area (Å²) >= 11 is 0. The van der Waals surface area contributed by atoms with Crippen molar-refractivity contribution in [1.29, 1.82) is 0 Å². The second-order valence-corrected chi connectivity index (χ2v) is 10.6. The molecule has 1 saturated heterocycles. The van der Waals surface area contributed by atoms with Gasteiger partial charge in [0, 0.05) is 37.2 Å². The van der Waals surface area contributed by atoms with Gasteiger partial charge < -0.3 is 24.4 Å². The molecule has 1 spiro atoms. The molecule has 0 aliphatic carbocycles. The van der Waals surface area contributed by atoms with Crippen LogP contribution < -0.4 is 14.8 Å². The molecule has 4 rings (SSSR count). The molecule has 2 heterocycles. The number of rotatable bonds is 4. The number of piperidine rings is 1. The molecule has 2 amide bonds. The van der Waals surface area contributed by atoms with E-state index in [2.05, 4.69) is 19.2 Å². The van der Waals surface area contributed by atoms with Crippen LogP contribution in [0.2, 0.25) is 0 Å². The third kappa shape index (κ3) is 7.48. The summed E-state index contributed by atoms with van der Waals surface area (Å²) in [7, 11) is 0. The molecule has 1 N–H and O–H groups in total. The predicted molar refractivity (Wildman–Crippen MR) is 143 cm³/mol. The van der Waals surface area contributed by atoms with Crippen molar-refractivity contribution in [2.24, 2.45) is 11.3 Å². The van der Waals surface area contributed by atoms with Crippen molar-refractivity contribution in [2.75, 3.05) is 46.1 Å². The molecule has 0 atom stereocenters. The molecule has 37 heavy (non-hydrogen) atoms. The van der Waals surface area contributed by atoms with E-state index in [0.717, 1.165) is 37.9 Å². The van der Waals surface area contributed by atoms with Gasteiger partial charge in [-0.2, -0.15) is 0 Å². The van der Waals surface area contributed by atoms with Crippen LogP contribution in [-0.2, 0) is 4.74 Å². The SMILES string of the molecule is CC(C)COc1ccc(C(=O)N2CCC3(CCCCOCCNC(=O)c4ccccc4OC3)CC2)cc1. The van der Waals surface area contributed by atoms with E-state index in [1.54, 1.807) is 6.07 Å². The van der Waals surface area contributed by atoms with Crippen LogP contribution in [0, 0.1) is 11.3 Å². The number of amides is 2. The first-order valence-electron chi connectivity index (χ1n) is 13.6. The number of nitrogens with one attached hydrogen (secondary N) is 1. The minimum Gasteiger partial charge on any atom is -0.493 e. The Morgan fingerprint density at radius 3 is 2.54 bits per heavy atom. The monoisotopic (exact) mass is 508 g/mol. The van der Waals surface area contributed by atoms with Gasteiger partial charge in [-0.3, -0.25) is 9.59 Å². The maximum Gasteiger partial charge on any atom is 0.255 e. The van der Waals surface area contributed by atoms with Crippen LogP contribution in [0.1, 0.15) is 66.7 Å². The lowest BCUT2D eigenvalue weighted by Crippen LogP contribution is -2.45. The van der Waals surface area contributed by atoms with E-state index in [9.17, 15) is 9.59 Å². The van der Waals surface area contributed by atoms with Crippen molar-refractivity contribution in [3.8, 4) is 11.5 Å². The maximum atomic E-state index is 13.2. The summed E-state index contributed by atoms with van der Waals surface area (Å²) in [5.74, 6) is 1.76. The van der Waals surface area contributed by atoms with Crippen LogP contribution in [0.5, 0.6) is 11.5 Å². The molecule has 2 aliphatic rings. The second kappa shape index (κ2) is 13.0. The normalized spacial score (nSPS) is 18.9. The van der Waals surface area contributed by atoms with Crippen LogP contribution in [0.15, 0.2) is 48.5 Å². The Morgan fingerprint density at radius 2 is 1.78 bits per heavy atom. The average Bonchev–Trinajstić information content (AvgIpc) is 2.92. The first kappa shape index (κ1) is 27.0. The van der Waals surface area contributed by atoms with Crippen LogP contribution in [0.4, 0.5) is 0 Å². The van der Waals surface area contributed by atoms with Crippen molar-refractivity contribution >= 4 is 11.8 Å². The van der Waals surface area contributed by atoms with E-state index in [4.69, 9.17) is 14.2 Å². The standard InChI is InChI=1S/C30H40N2O5/c1-23(2)21-36-25-11-9-24(10-12-25)29(34)32-17-14-30(15-18-32)13-5-6-19-35-20-16-31-28(33)26-7-3-4-8-27(26)37-22-30/h3-4,7-12,23H,5-6,13-22H2,1-2H3,(H,31,33). The second-order valence-electron chi connectivity index (χ2n) is 10.6. The average molecular weight is 509 g/mol. The minimum absolute atomic E-state index is 0.0426. The minimum atomic E-state index is -0.147. The number of fused-ring (bicyclic) bond motifs is 1. The van der Waals surface area contributed by atoms with Gasteiger partial charge in [0.2, 0.25) is 0 Å². The van der Waals surface area contributed by atoms with Crippen molar-refractivity contribution in [3.63, 3.8) is 0 Å². The summed E-state index contributed by atoms with van der Waals surface area (Å²) < 4.78 is 17.8. The number of hydrogen-bond acceptors (Lipinski definition) is 5. The smallest absolute Gasteiger partial charge is 0.255 e. The van der Waals surface area contributed by atoms with Gasteiger partial charge in [0.15, 0.2) is 0 Å². The van der Waals surface area contributed by atoms with Crippen LogP contribution in [-0.4, -0.2) is 62.8 Å². The molecular weight excluding hydrogens is 468 g/mol. The van der Waals surface area contributed by atoms with E-state index >= 15 is 0 Å². The highest BCUT2D eigenvalue weighted by molar-refractivity contribution is 5.97. The van der Waals surface area contributed by atoms with Crippen LogP contribution >= 0.6 is 0 Å². The highest BCUT2D eigenvalue weighted by atomic mass is 16.5. The van der Waals surface area contributed by atoms with Gasteiger partial charge in [-0.05, 0) is 68.0 Å². The number of hydrogen-bond donors (Lipinski definition) is 1. The molecule has 0 saturated carbocycles. The Balaban J connectivity index is 1.41. The molecule has 1 fully saturated rings. The largest absolute Gasteiger partial charge is 0.493 e. The number of benzene rings is 2. The number of carbonyl (C=O) groups is 2. The van der Waals surface area contributed by atoms with E-state index < -0.39 is 0 Å². The van der Waals surface area contributed by atoms with Crippen LogP contribution in [0.3, 0.4) is 0 Å².